The summed E-state index contributed by atoms with van der Waals surface area (Å²) in [5.41, 5.74) is 1.97. The van der Waals surface area contributed by atoms with Crippen LogP contribution in [0.25, 0.3) is 10.9 Å². The highest BCUT2D eigenvalue weighted by molar-refractivity contribution is 5.92. The number of aryl methyl sites for hydroxylation is 1. The van der Waals surface area contributed by atoms with Crippen LogP contribution in [0.4, 0.5) is 10.5 Å². The fourth-order valence-corrected chi connectivity index (χ4v) is 2.96. The first kappa shape index (κ1) is 15.6. The van der Waals surface area contributed by atoms with Gasteiger partial charge in [-0.2, -0.15) is 0 Å². The lowest BCUT2D eigenvalue weighted by atomic mass is 10.1. The minimum absolute atomic E-state index is 0.150. The molecule has 122 valence electrons. The Morgan fingerprint density at radius 2 is 2.00 bits per heavy atom. The third-order valence-corrected chi connectivity index (χ3v) is 4.47. The molecule has 2 aromatic rings. The molecule has 1 aromatic carbocycles. The number of rotatable bonds is 2. The van der Waals surface area contributed by atoms with Crippen LogP contribution in [0.3, 0.4) is 0 Å². The van der Waals surface area contributed by atoms with Crippen molar-refractivity contribution < 1.29 is 4.79 Å². The van der Waals surface area contributed by atoms with Crippen LogP contribution >= 0.6 is 0 Å². The number of urea groups is 1. The van der Waals surface area contributed by atoms with Crippen molar-refractivity contribution in [3.8, 4) is 0 Å². The number of fused-ring (bicyclic) bond motifs is 1. The van der Waals surface area contributed by atoms with Gasteiger partial charge in [0, 0.05) is 37.8 Å². The molecule has 1 aliphatic rings. The molecule has 1 fully saturated rings. The molecule has 1 saturated heterocycles. The summed E-state index contributed by atoms with van der Waals surface area (Å²) in [5, 5.41) is 3.35. The molecule has 0 bridgehead atoms. The van der Waals surface area contributed by atoms with Crippen LogP contribution in [0.15, 0.2) is 29.2 Å². The maximum absolute atomic E-state index is 12.5. The lowest BCUT2D eigenvalue weighted by Crippen LogP contribution is -2.50. The fraction of sp³-hybridized carbons (Fsp3) is 0.412. The topological polar surface area (TPSA) is 68.4 Å². The molecule has 0 saturated carbocycles. The molecule has 0 atom stereocenters. The van der Waals surface area contributed by atoms with E-state index in [1.165, 1.54) is 0 Å². The maximum Gasteiger partial charge on any atom is 0.322 e. The molecule has 1 aromatic heterocycles. The Morgan fingerprint density at radius 1 is 1.26 bits per heavy atom. The van der Waals surface area contributed by atoms with Crippen molar-refractivity contribution in [1.82, 2.24) is 14.8 Å². The number of hydrogen-bond acceptors (Lipinski definition) is 3. The van der Waals surface area contributed by atoms with Gasteiger partial charge in [-0.05, 0) is 25.1 Å². The van der Waals surface area contributed by atoms with Gasteiger partial charge in [-0.15, -0.1) is 0 Å². The van der Waals surface area contributed by atoms with Gasteiger partial charge in [-0.3, -0.25) is 4.79 Å². The minimum atomic E-state index is -0.210. The van der Waals surface area contributed by atoms with Crippen molar-refractivity contribution in [3.63, 3.8) is 0 Å². The molecule has 3 rings (SSSR count). The zero-order valence-electron chi connectivity index (χ0n) is 13.6. The van der Waals surface area contributed by atoms with E-state index in [0.29, 0.717) is 24.2 Å². The standard InChI is InChI=1S/C17H22N4O2/c1-3-20-7-9-21(10-8-20)17(23)19-14-11-18-15-12(2)5-4-6-13(15)16(14)22/h4-6,11H,3,7-10H2,1-2H3,(H,18,22)(H,19,23). The van der Waals surface area contributed by atoms with E-state index in [2.05, 4.69) is 22.1 Å². The number of para-hydroxylation sites is 1. The number of carbonyl (C=O) groups is 1. The van der Waals surface area contributed by atoms with Crippen LogP contribution in [0.1, 0.15) is 12.5 Å². The molecule has 0 unspecified atom stereocenters. The second-order valence-electron chi connectivity index (χ2n) is 5.88. The molecule has 2 heterocycles. The van der Waals surface area contributed by atoms with Crippen LogP contribution < -0.4 is 10.7 Å². The van der Waals surface area contributed by atoms with Crippen LogP contribution in [0.2, 0.25) is 0 Å². The number of pyridine rings is 1. The summed E-state index contributed by atoms with van der Waals surface area (Å²) in [7, 11) is 0. The Balaban J connectivity index is 1.78. The third-order valence-electron chi connectivity index (χ3n) is 4.47. The zero-order valence-corrected chi connectivity index (χ0v) is 13.6. The zero-order chi connectivity index (χ0) is 16.4. The summed E-state index contributed by atoms with van der Waals surface area (Å²) >= 11 is 0. The number of aromatic amines is 1. The van der Waals surface area contributed by atoms with Gasteiger partial charge in [-0.1, -0.05) is 19.1 Å². The van der Waals surface area contributed by atoms with E-state index in [0.717, 1.165) is 30.7 Å². The molecular formula is C17H22N4O2. The third kappa shape index (κ3) is 3.07. The SMILES string of the molecule is CCN1CCN(C(=O)Nc2c[nH]c3c(C)cccc3c2=O)CC1. The van der Waals surface area contributed by atoms with Crippen molar-refractivity contribution in [2.24, 2.45) is 0 Å². The number of hydrogen-bond donors (Lipinski definition) is 2. The number of likely N-dealkylation sites (N-methyl/N-ethyl adjacent to an activating group) is 1. The van der Waals surface area contributed by atoms with Gasteiger partial charge in [0.05, 0.1) is 5.52 Å². The summed E-state index contributed by atoms with van der Waals surface area (Å²) in [5.74, 6) is 0. The second-order valence-corrected chi connectivity index (χ2v) is 5.88. The van der Waals surface area contributed by atoms with E-state index >= 15 is 0 Å². The fourth-order valence-electron chi connectivity index (χ4n) is 2.96. The number of nitrogens with zero attached hydrogens (tertiary/aromatic N) is 2. The number of nitrogens with one attached hydrogen (secondary N) is 2. The molecule has 6 heteroatoms. The van der Waals surface area contributed by atoms with Crippen molar-refractivity contribution >= 4 is 22.6 Å². The Hall–Kier alpha value is -2.34. The molecule has 2 N–H and O–H groups in total. The largest absolute Gasteiger partial charge is 0.359 e. The average molecular weight is 314 g/mol. The molecule has 0 radical (unpaired) electrons. The highest BCUT2D eigenvalue weighted by Gasteiger charge is 2.21. The highest BCUT2D eigenvalue weighted by atomic mass is 16.2. The summed E-state index contributed by atoms with van der Waals surface area (Å²) in [6.07, 6.45) is 1.58. The Labute approximate surface area is 135 Å². The van der Waals surface area contributed by atoms with Crippen LogP contribution in [-0.4, -0.2) is 53.5 Å². The lowest BCUT2D eigenvalue weighted by Gasteiger charge is -2.33. The summed E-state index contributed by atoms with van der Waals surface area (Å²) in [4.78, 5) is 32.1. The van der Waals surface area contributed by atoms with E-state index < -0.39 is 0 Å². The minimum Gasteiger partial charge on any atom is -0.359 e. The summed E-state index contributed by atoms with van der Waals surface area (Å²) in [6.45, 7) is 8.18. The number of benzene rings is 1. The number of anilines is 1. The van der Waals surface area contributed by atoms with Gasteiger partial charge in [0.25, 0.3) is 0 Å². The first-order valence-electron chi connectivity index (χ1n) is 7.99. The van der Waals surface area contributed by atoms with Crippen LogP contribution in [-0.2, 0) is 0 Å². The molecule has 0 spiro atoms. The normalized spacial score (nSPS) is 15.8. The van der Waals surface area contributed by atoms with E-state index in [4.69, 9.17) is 0 Å². The van der Waals surface area contributed by atoms with Crippen LogP contribution in [0, 0.1) is 6.92 Å². The monoisotopic (exact) mass is 314 g/mol. The lowest BCUT2D eigenvalue weighted by molar-refractivity contribution is 0.151. The molecule has 6 nitrogen and oxygen atoms in total. The predicted molar refractivity (Wildman–Crippen MR) is 92.0 cm³/mol. The van der Waals surface area contributed by atoms with E-state index in [-0.39, 0.29) is 11.5 Å². The smallest absolute Gasteiger partial charge is 0.322 e. The molecular weight excluding hydrogens is 292 g/mol. The van der Waals surface area contributed by atoms with Gasteiger partial charge in [0.1, 0.15) is 5.69 Å². The van der Waals surface area contributed by atoms with E-state index in [1.807, 2.05) is 19.1 Å². The van der Waals surface area contributed by atoms with E-state index in [1.54, 1.807) is 17.2 Å². The van der Waals surface area contributed by atoms with Gasteiger partial charge in [0.15, 0.2) is 0 Å². The molecule has 2 amide bonds. The number of aromatic nitrogens is 1. The number of H-pyrrole nitrogens is 1. The predicted octanol–water partition coefficient (Wildman–Crippen LogP) is 2.01. The van der Waals surface area contributed by atoms with E-state index in [9.17, 15) is 9.59 Å². The van der Waals surface area contributed by atoms with Crippen molar-refractivity contribution in [2.75, 3.05) is 38.0 Å². The number of carbonyl (C=O) groups excluding carboxylic acids is 1. The summed E-state index contributed by atoms with van der Waals surface area (Å²) in [6, 6.07) is 5.36. The summed E-state index contributed by atoms with van der Waals surface area (Å²) < 4.78 is 0. The maximum atomic E-state index is 12.5. The number of piperazine rings is 1. The van der Waals surface area contributed by atoms with Crippen LogP contribution in [0.5, 0.6) is 0 Å². The van der Waals surface area contributed by atoms with Gasteiger partial charge < -0.3 is 20.1 Å². The average Bonchev–Trinajstić information content (AvgIpc) is 2.58. The first-order valence-corrected chi connectivity index (χ1v) is 7.99. The molecule has 0 aliphatic carbocycles. The first-order chi connectivity index (χ1) is 11.1. The number of amides is 2. The molecule has 1 aliphatic heterocycles. The Kier molecular flexibility index (Phi) is 4.34. The Morgan fingerprint density at radius 3 is 2.70 bits per heavy atom. The van der Waals surface area contributed by atoms with Crippen molar-refractivity contribution in [3.05, 3.63) is 40.2 Å². The van der Waals surface area contributed by atoms with Gasteiger partial charge in [-0.25, -0.2) is 4.79 Å². The van der Waals surface area contributed by atoms with Crippen molar-refractivity contribution in [1.29, 1.82) is 0 Å². The van der Waals surface area contributed by atoms with Crippen molar-refractivity contribution in [2.45, 2.75) is 13.8 Å². The second kappa shape index (κ2) is 6.42. The van der Waals surface area contributed by atoms with Gasteiger partial charge in [0.2, 0.25) is 5.43 Å². The van der Waals surface area contributed by atoms with Gasteiger partial charge >= 0.3 is 6.03 Å². The quantitative estimate of drug-likeness (QED) is 0.891. The molecule has 23 heavy (non-hydrogen) atoms. The highest BCUT2D eigenvalue weighted by Crippen LogP contribution is 2.14. The Bertz CT molecular complexity index is 776.